The highest BCUT2D eigenvalue weighted by Gasteiger charge is 2.20. The zero-order chi connectivity index (χ0) is 17.8. The van der Waals surface area contributed by atoms with Gasteiger partial charge in [-0.3, -0.25) is 0 Å². The topological polar surface area (TPSA) is 69.4 Å². The van der Waals surface area contributed by atoms with Gasteiger partial charge in [-0.2, -0.15) is 4.98 Å². The molecule has 1 aromatic carbocycles. The Balaban J connectivity index is 1.40. The van der Waals surface area contributed by atoms with Crippen LogP contribution in [0.1, 0.15) is 30.4 Å². The molecule has 4 rings (SSSR count). The predicted octanol–water partition coefficient (Wildman–Crippen LogP) is 3.96. The van der Waals surface area contributed by atoms with Crippen molar-refractivity contribution in [2.75, 3.05) is 19.0 Å². The Bertz CT molecular complexity index is 874. The second-order valence-corrected chi connectivity index (χ2v) is 6.58. The van der Waals surface area contributed by atoms with Crippen LogP contribution in [0.3, 0.4) is 0 Å². The van der Waals surface area contributed by atoms with Crippen LogP contribution >= 0.6 is 0 Å². The molecule has 0 spiro atoms. The maximum Gasteiger partial charge on any atom is 0.318 e. The van der Waals surface area contributed by atoms with Crippen molar-refractivity contribution in [2.45, 2.75) is 38.4 Å². The molecule has 2 aromatic heterocycles. The molecule has 0 aliphatic heterocycles. The van der Waals surface area contributed by atoms with Gasteiger partial charge in [-0.25, -0.2) is 4.98 Å². The van der Waals surface area contributed by atoms with E-state index in [1.54, 1.807) is 19.6 Å². The molecule has 1 fully saturated rings. The predicted molar refractivity (Wildman–Crippen MR) is 99.4 cm³/mol. The van der Waals surface area contributed by atoms with Crippen molar-refractivity contribution in [1.29, 1.82) is 0 Å². The highest BCUT2D eigenvalue weighted by Crippen LogP contribution is 2.24. The summed E-state index contributed by atoms with van der Waals surface area (Å²) in [6, 6.07) is 8.53. The van der Waals surface area contributed by atoms with Crippen LogP contribution in [0.25, 0.3) is 11.0 Å². The van der Waals surface area contributed by atoms with Crippen LogP contribution < -0.4 is 10.1 Å². The Kier molecular flexibility index (Phi) is 5.02. The van der Waals surface area contributed by atoms with Crippen LogP contribution in [-0.4, -0.2) is 29.7 Å². The number of anilines is 1. The zero-order valence-electron chi connectivity index (χ0n) is 14.9. The number of nitrogens with zero attached hydrogens (tertiary/aromatic N) is 2. The normalized spacial score (nSPS) is 14.3. The van der Waals surface area contributed by atoms with E-state index in [2.05, 4.69) is 27.4 Å². The van der Waals surface area contributed by atoms with Gasteiger partial charge in [0.15, 0.2) is 0 Å². The second kappa shape index (κ2) is 7.74. The Morgan fingerprint density at radius 3 is 2.96 bits per heavy atom. The Morgan fingerprint density at radius 2 is 2.15 bits per heavy atom. The molecule has 0 radical (unpaired) electrons. The smallest absolute Gasteiger partial charge is 0.318 e. The fourth-order valence-corrected chi connectivity index (χ4v) is 3.08. The molecule has 136 valence electrons. The Labute approximate surface area is 152 Å². The van der Waals surface area contributed by atoms with E-state index in [1.165, 1.54) is 12.0 Å². The minimum Gasteiger partial charge on any atom is -0.464 e. The van der Waals surface area contributed by atoms with Gasteiger partial charge in [-0.05, 0) is 61.1 Å². The standard InChI is InChI=1S/C20H23N3O3/c1-24-13-16-12-18-15(7-10-25-18)11-14(16)5-8-21-19-6-9-22-20(23-19)26-17-3-2-4-17/h6-7,9-12,17H,2-5,8,13H2,1H3,(H,21,22,23). The van der Waals surface area contributed by atoms with E-state index >= 15 is 0 Å². The first-order valence-corrected chi connectivity index (χ1v) is 9.03. The van der Waals surface area contributed by atoms with Crippen LogP contribution in [0.5, 0.6) is 6.01 Å². The lowest BCUT2D eigenvalue weighted by Gasteiger charge is -2.25. The quantitative estimate of drug-likeness (QED) is 0.661. The van der Waals surface area contributed by atoms with Crippen molar-refractivity contribution < 1.29 is 13.9 Å². The van der Waals surface area contributed by atoms with E-state index in [-0.39, 0.29) is 6.10 Å². The van der Waals surface area contributed by atoms with E-state index in [9.17, 15) is 0 Å². The number of fused-ring (bicyclic) bond motifs is 1. The van der Waals surface area contributed by atoms with Crippen LogP contribution in [0.4, 0.5) is 5.82 Å². The van der Waals surface area contributed by atoms with Crippen molar-refractivity contribution in [1.82, 2.24) is 9.97 Å². The van der Waals surface area contributed by atoms with Crippen molar-refractivity contribution in [3.8, 4) is 6.01 Å². The molecule has 26 heavy (non-hydrogen) atoms. The maximum absolute atomic E-state index is 5.76. The minimum atomic E-state index is 0.281. The summed E-state index contributed by atoms with van der Waals surface area (Å²) in [7, 11) is 1.71. The van der Waals surface area contributed by atoms with Gasteiger partial charge in [0, 0.05) is 25.2 Å². The molecule has 1 aliphatic carbocycles. The summed E-state index contributed by atoms with van der Waals surface area (Å²) >= 11 is 0. The van der Waals surface area contributed by atoms with Gasteiger partial charge >= 0.3 is 6.01 Å². The lowest BCUT2D eigenvalue weighted by atomic mass is 9.96. The Morgan fingerprint density at radius 1 is 1.23 bits per heavy atom. The highest BCUT2D eigenvalue weighted by molar-refractivity contribution is 5.79. The third-order valence-corrected chi connectivity index (χ3v) is 4.73. The first-order valence-electron chi connectivity index (χ1n) is 9.03. The van der Waals surface area contributed by atoms with Crippen molar-refractivity contribution in [2.24, 2.45) is 0 Å². The van der Waals surface area contributed by atoms with Gasteiger partial charge in [0.2, 0.25) is 0 Å². The van der Waals surface area contributed by atoms with Gasteiger partial charge in [-0.1, -0.05) is 0 Å². The van der Waals surface area contributed by atoms with E-state index in [1.807, 2.05) is 12.1 Å². The summed E-state index contributed by atoms with van der Waals surface area (Å²) in [5, 5.41) is 4.47. The largest absolute Gasteiger partial charge is 0.464 e. The molecule has 6 heteroatoms. The average molecular weight is 353 g/mol. The molecule has 6 nitrogen and oxygen atoms in total. The number of furan rings is 1. The lowest BCUT2D eigenvalue weighted by molar-refractivity contribution is 0.108. The van der Waals surface area contributed by atoms with Crippen LogP contribution in [0, 0.1) is 0 Å². The average Bonchev–Trinajstić information content (AvgIpc) is 3.06. The number of hydrogen-bond donors (Lipinski definition) is 1. The summed E-state index contributed by atoms with van der Waals surface area (Å²) < 4.78 is 16.6. The maximum atomic E-state index is 5.76. The Hall–Kier alpha value is -2.60. The summed E-state index contributed by atoms with van der Waals surface area (Å²) in [4.78, 5) is 8.64. The van der Waals surface area contributed by atoms with Crippen LogP contribution in [-0.2, 0) is 17.8 Å². The molecule has 1 aliphatic rings. The fraction of sp³-hybridized carbons (Fsp3) is 0.400. The van der Waals surface area contributed by atoms with Crippen molar-refractivity contribution in [3.05, 3.63) is 47.9 Å². The highest BCUT2D eigenvalue weighted by atomic mass is 16.5. The third-order valence-electron chi connectivity index (χ3n) is 4.73. The van der Waals surface area contributed by atoms with Crippen LogP contribution in [0.2, 0.25) is 0 Å². The third kappa shape index (κ3) is 3.80. The molecule has 0 atom stereocenters. The number of aromatic nitrogens is 2. The molecule has 0 saturated heterocycles. The molecule has 0 bridgehead atoms. The number of benzene rings is 1. The number of rotatable bonds is 8. The summed E-state index contributed by atoms with van der Waals surface area (Å²) in [6.45, 7) is 1.33. The van der Waals surface area contributed by atoms with Gasteiger partial charge in [0.1, 0.15) is 17.5 Å². The van der Waals surface area contributed by atoms with E-state index in [4.69, 9.17) is 13.9 Å². The second-order valence-electron chi connectivity index (χ2n) is 6.58. The van der Waals surface area contributed by atoms with Gasteiger partial charge < -0.3 is 19.2 Å². The molecular formula is C20H23N3O3. The molecule has 0 amide bonds. The van der Waals surface area contributed by atoms with Gasteiger partial charge in [-0.15, -0.1) is 0 Å². The van der Waals surface area contributed by atoms with Crippen LogP contribution in [0.15, 0.2) is 41.1 Å². The van der Waals surface area contributed by atoms with E-state index in [0.29, 0.717) is 12.6 Å². The molecule has 0 unspecified atom stereocenters. The van der Waals surface area contributed by atoms with Crippen molar-refractivity contribution >= 4 is 16.8 Å². The number of ether oxygens (including phenoxy) is 2. The minimum absolute atomic E-state index is 0.281. The molecule has 1 saturated carbocycles. The number of methoxy groups -OCH3 is 1. The number of hydrogen-bond acceptors (Lipinski definition) is 6. The molecule has 3 aromatic rings. The number of nitrogens with one attached hydrogen (secondary N) is 1. The molecular weight excluding hydrogens is 330 g/mol. The van der Waals surface area contributed by atoms with E-state index in [0.717, 1.165) is 48.2 Å². The summed E-state index contributed by atoms with van der Waals surface area (Å²) in [5.74, 6) is 0.784. The molecule has 1 N–H and O–H groups in total. The first-order chi connectivity index (χ1) is 12.8. The SMILES string of the molecule is COCc1cc2occc2cc1CCNc1ccnc(OC2CCC2)n1. The summed E-state index contributed by atoms with van der Waals surface area (Å²) in [6.07, 6.45) is 8.02. The zero-order valence-corrected chi connectivity index (χ0v) is 14.9. The van der Waals surface area contributed by atoms with Gasteiger partial charge in [0.25, 0.3) is 0 Å². The summed E-state index contributed by atoms with van der Waals surface area (Å²) in [5.41, 5.74) is 3.28. The molecule has 2 heterocycles. The van der Waals surface area contributed by atoms with E-state index < -0.39 is 0 Å². The first kappa shape index (κ1) is 16.8. The van der Waals surface area contributed by atoms with Crippen molar-refractivity contribution in [3.63, 3.8) is 0 Å². The lowest BCUT2D eigenvalue weighted by Crippen LogP contribution is -2.25. The monoisotopic (exact) mass is 353 g/mol. The van der Waals surface area contributed by atoms with Gasteiger partial charge in [0.05, 0.1) is 12.9 Å². The fourth-order valence-electron chi connectivity index (χ4n) is 3.08.